The van der Waals surface area contributed by atoms with Crippen molar-refractivity contribution in [1.82, 2.24) is 10.2 Å². The Morgan fingerprint density at radius 3 is 2.53 bits per heavy atom. The molecule has 1 N–H and O–H groups in total. The van der Waals surface area contributed by atoms with Crippen LogP contribution in [0.15, 0.2) is 0 Å². The lowest BCUT2D eigenvalue weighted by molar-refractivity contribution is 0.0463. The molecule has 3 atom stereocenters. The number of hydrogen-bond acceptors (Lipinski definition) is 3. The van der Waals surface area contributed by atoms with E-state index in [0.717, 1.165) is 25.6 Å². The van der Waals surface area contributed by atoms with E-state index < -0.39 is 0 Å². The number of methoxy groups -OCH3 is 1. The van der Waals surface area contributed by atoms with Gasteiger partial charge in [0.1, 0.15) is 0 Å². The zero-order valence-electron chi connectivity index (χ0n) is 13.6. The zero-order chi connectivity index (χ0) is 14.3. The van der Waals surface area contributed by atoms with Gasteiger partial charge in [-0.3, -0.25) is 4.90 Å². The first kappa shape index (κ1) is 16.9. The van der Waals surface area contributed by atoms with E-state index in [1.54, 1.807) is 7.11 Å². The van der Waals surface area contributed by atoms with Crippen molar-refractivity contribution < 1.29 is 4.74 Å². The Hall–Kier alpha value is -0.120. The van der Waals surface area contributed by atoms with Gasteiger partial charge in [-0.25, -0.2) is 0 Å². The van der Waals surface area contributed by atoms with Gasteiger partial charge in [-0.15, -0.1) is 0 Å². The molecule has 3 heteroatoms. The van der Waals surface area contributed by atoms with E-state index >= 15 is 0 Å². The molecule has 0 amide bonds. The lowest BCUT2D eigenvalue weighted by Crippen LogP contribution is -2.56. The van der Waals surface area contributed by atoms with E-state index in [2.05, 4.69) is 37.9 Å². The van der Waals surface area contributed by atoms with Crippen LogP contribution in [-0.2, 0) is 4.74 Å². The second kappa shape index (κ2) is 8.93. The van der Waals surface area contributed by atoms with Crippen LogP contribution in [0, 0.1) is 5.92 Å². The molecule has 3 nitrogen and oxygen atoms in total. The summed E-state index contributed by atoms with van der Waals surface area (Å²) in [6, 6.07) is 1.93. The maximum Gasteiger partial charge on any atom is 0.0589 e. The molecule has 0 bridgehead atoms. The van der Waals surface area contributed by atoms with Gasteiger partial charge in [0.15, 0.2) is 0 Å². The number of ether oxygens (including phenoxy) is 1. The van der Waals surface area contributed by atoms with Crippen molar-refractivity contribution in [3.05, 3.63) is 0 Å². The van der Waals surface area contributed by atoms with Gasteiger partial charge in [-0.1, -0.05) is 20.3 Å². The highest BCUT2D eigenvalue weighted by Crippen LogP contribution is 2.31. The van der Waals surface area contributed by atoms with Crippen molar-refractivity contribution >= 4 is 0 Å². The molecule has 0 aromatic heterocycles. The van der Waals surface area contributed by atoms with Crippen LogP contribution >= 0.6 is 0 Å². The first-order valence-corrected chi connectivity index (χ1v) is 8.12. The average Bonchev–Trinajstić information content (AvgIpc) is 2.40. The van der Waals surface area contributed by atoms with Crippen molar-refractivity contribution in [2.45, 2.75) is 71.5 Å². The fourth-order valence-electron chi connectivity index (χ4n) is 3.47. The smallest absolute Gasteiger partial charge is 0.0589 e. The fraction of sp³-hybridized carbons (Fsp3) is 1.00. The standard InChI is InChI=1S/C16H34N2O/c1-6-14-8-9-15(17-7-2)16(12-14)18(13(3)4)10-11-19-5/h13-17H,6-12H2,1-5H3. The van der Waals surface area contributed by atoms with Crippen LogP contribution < -0.4 is 5.32 Å². The van der Waals surface area contributed by atoms with E-state index in [1.807, 2.05) is 0 Å². The molecule has 0 aromatic carbocycles. The van der Waals surface area contributed by atoms with E-state index in [1.165, 1.54) is 25.7 Å². The van der Waals surface area contributed by atoms with Crippen LogP contribution in [0.25, 0.3) is 0 Å². The quantitative estimate of drug-likeness (QED) is 0.734. The van der Waals surface area contributed by atoms with Gasteiger partial charge in [0.25, 0.3) is 0 Å². The second-order valence-electron chi connectivity index (χ2n) is 6.14. The largest absolute Gasteiger partial charge is 0.383 e. The van der Waals surface area contributed by atoms with Gasteiger partial charge < -0.3 is 10.1 Å². The average molecular weight is 270 g/mol. The molecule has 0 spiro atoms. The number of rotatable bonds is 8. The van der Waals surface area contributed by atoms with Crippen molar-refractivity contribution in [2.75, 3.05) is 26.8 Å². The molecule has 0 saturated heterocycles. The summed E-state index contributed by atoms with van der Waals surface area (Å²) in [5.41, 5.74) is 0. The van der Waals surface area contributed by atoms with Crippen LogP contribution in [-0.4, -0.2) is 49.8 Å². The van der Waals surface area contributed by atoms with Gasteiger partial charge >= 0.3 is 0 Å². The summed E-state index contributed by atoms with van der Waals surface area (Å²) in [5.74, 6) is 0.906. The van der Waals surface area contributed by atoms with Crippen LogP contribution in [0.2, 0.25) is 0 Å². The Morgan fingerprint density at radius 1 is 1.26 bits per heavy atom. The molecular weight excluding hydrogens is 236 g/mol. The Labute approximate surface area is 120 Å². The molecule has 1 rings (SSSR count). The normalized spacial score (nSPS) is 28.3. The lowest BCUT2D eigenvalue weighted by atomic mass is 9.80. The van der Waals surface area contributed by atoms with Crippen molar-refractivity contribution in [3.63, 3.8) is 0 Å². The van der Waals surface area contributed by atoms with Crippen LogP contribution in [0.1, 0.15) is 53.4 Å². The number of likely N-dealkylation sites (N-methyl/N-ethyl adjacent to an activating group) is 1. The highest BCUT2D eigenvalue weighted by molar-refractivity contribution is 4.92. The Kier molecular flexibility index (Phi) is 7.96. The predicted octanol–water partition coefficient (Wildman–Crippen LogP) is 2.90. The molecule has 1 fully saturated rings. The van der Waals surface area contributed by atoms with Crippen molar-refractivity contribution in [2.24, 2.45) is 5.92 Å². The molecule has 0 aliphatic heterocycles. The Balaban J connectivity index is 2.72. The van der Waals surface area contributed by atoms with Crippen LogP contribution in [0.5, 0.6) is 0 Å². The summed E-state index contributed by atoms with van der Waals surface area (Å²) in [6.07, 6.45) is 5.38. The highest BCUT2D eigenvalue weighted by Gasteiger charge is 2.34. The maximum atomic E-state index is 5.30. The van der Waals surface area contributed by atoms with Gasteiger partial charge in [-0.2, -0.15) is 0 Å². The lowest BCUT2D eigenvalue weighted by Gasteiger charge is -2.45. The van der Waals surface area contributed by atoms with Crippen molar-refractivity contribution in [1.29, 1.82) is 0 Å². The third kappa shape index (κ3) is 5.05. The molecule has 0 radical (unpaired) electrons. The molecule has 1 aliphatic carbocycles. The number of hydrogen-bond donors (Lipinski definition) is 1. The summed E-state index contributed by atoms with van der Waals surface area (Å²) in [7, 11) is 1.80. The maximum absolute atomic E-state index is 5.30. The second-order valence-corrected chi connectivity index (χ2v) is 6.14. The van der Waals surface area contributed by atoms with E-state index in [4.69, 9.17) is 4.74 Å². The molecule has 1 aliphatic rings. The summed E-state index contributed by atoms with van der Waals surface area (Å²) in [6.45, 7) is 12.2. The Bertz CT molecular complexity index is 233. The van der Waals surface area contributed by atoms with Crippen LogP contribution in [0.3, 0.4) is 0 Å². The summed E-state index contributed by atoms with van der Waals surface area (Å²) in [5, 5.41) is 3.71. The molecular formula is C16H34N2O. The minimum absolute atomic E-state index is 0.594. The molecule has 114 valence electrons. The van der Waals surface area contributed by atoms with E-state index in [0.29, 0.717) is 18.1 Å². The van der Waals surface area contributed by atoms with Crippen LogP contribution in [0.4, 0.5) is 0 Å². The molecule has 3 unspecified atom stereocenters. The van der Waals surface area contributed by atoms with Gasteiger partial charge in [-0.05, 0) is 45.6 Å². The van der Waals surface area contributed by atoms with Gasteiger partial charge in [0, 0.05) is 31.8 Å². The fourth-order valence-corrected chi connectivity index (χ4v) is 3.47. The first-order valence-electron chi connectivity index (χ1n) is 8.12. The molecule has 0 heterocycles. The third-order valence-corrected chi connectivity index (χ3v) is 4.61. The molecule has 19 heavy (non-hydrogen) atoms. The van der Waals surface area contributed by atoms with Crippen molar-refractivity contribution in [3.8, 4) is 0 Å². The third-order valence-electron chi connectivity index (χ3n) is 4.61. The number of nitrogens with zero attached hydrogens (tertiary/aromatic N) is 1. The summed E-state index contributed by atoms with van der Waals surface area (Å²) < 4.78 is 5.30. The van der Waals surface area contributed by atoms with Gasteiger partial charge in [0.05, 0.1) is 6.61 Å². The highest BCUT2D eigenvalue weighted by atomic mass is 16.5. The minimum Gasteiger partial charge on any atom is -0.383 e. The minimum atomic E-state index is 0.594. The summed E-state index contributed by atoms with van der Waals surface area (Å²) >= 11 is 0. The zero-order valence-corrected chi connectivity index (χ0v) is 13.6. The first-order chi connectivity index (χ1) is 9.13. The molecule has 1 saturated carbocycles. The predicted molar refractivity (Wildman–Crippen MR) is 82.6 cm³/mol. The molecule has 0 aromatic rings. The Morgan fingerprint density at radius 2 is 2.00 bits per heavy atom. The summed E-state index contributed by atoms with van der Waals surface area (Å²) in [4.78, 5) is 2.65. The SMILES string of the molecule is CCNC1CCC(CC)CC1N(CCOC)C(C)C. The number of nitrogens with one attached hydrogen (secondary N) is 1. The monoisotopic (exact) mass is 270 g/mol. The van der Waals surface area contributed by atoms with E-state index in [9.17, 15) is 0 Å². The van der Waals surface area contributed by atoms with Gasteiger partial charge in [0.2, 0.25) is 0 Å². The topological polar surface area (TPSA) is 24.5 Å². The van der Waals surface area contributed by atoms with E-state index in [-0.39, 0.29) is 0 Å².